The zero-order valence-electron chi connectivity index (χ0n) is 12.3. The predicted molar refractivity (Wildman–Crippen MR) is 83.1 cm³/mol. The molecule has 0 heterocycles. The number of hydrogen-bond acceptors (Lipinski definition) is 2. The van der Waals surface area contributed by atoms with Crippen LogP contribution >= 0.6 is 11.6 Å². The largest absolute Gasteiger partial charge is 0.385 e. The summed E-state index contributed by atoms with van der Waals surface area (Å²) >= 11 is 6.09. The number of hydrogen-bond donors (Lipinski definition) is 1. The Morgan fingerprint density at radius 3 is 2.68 bits per heavy atom. The van der Waals surface area contributed by atoms with E-state index in [4.69, 9.17) is 16.3 Å². The van der Waals surface area contributed by atoms with E-state index in [1.165, 1.54) is 18.4 Å². The van der Waals surface area contributed by atoms with Crippen molar-refractivity contribution in [2.45, 2.75) is 45.1 Å². The van der Waals surface area contributed by atoms with E-state index in [-0.39, 0.29) is 0 Å². The van der Waals surface area contributed by atoms with Gasteiger partial charge in [-0.1, -0.05) is 44.0 Å². The normalized spacial score (nSPS) is 12.9. The van der Waals surface area contributed by atoms with Gasteiger partial charge in [-0.05, 0) is 36.5 Å². The molecule has 3 heteroatoms. The molecule has 2 nitrogen and oxygen atoms in total. The number of halogens is 1. The van der Waals surface area contributed by atoms with Crippen LogP contribution < -0.4 is 5.32 Å². The topological polar surface area (TPSA) is 21.3 Å². The first kappa shape index (κ1) is 16.5. The van der Waals surface area contributed by atoms with Gasteiger partial charge in [-0.2, -0.15) is 0 Å². The third-order valence-corrected chi connectivity index (χ3v) is 3.48. The lowest BCUT2D eigenvalue weighted by atomic mass is 9.93. The molecule has 1 atom stereocenters. The minimum Gasteiger partial charge on any atom is -0.385 e. The quantitative estimate of drug-likeness (QED) is 0.685. The van der Waals surface area contributed by atoms with E-state index in [2.05, 4.69) is 31.3 Å². The van der Waals surface area contributed by atoms with Crippen molar-refractivity contribution in [2.24, 2.45) is 0 Å². The van der Waals surface area contributed by atoms with Crippen molar-refractivity contribution in [3.8, 4) is 0 Å². The van der Waals surface area contributed by atoms with Crippen LogP contribution in [0.3, 0.4) is 0 Å². The van der Waals surface area contributed by atoms with E-state index in [0.29, 0.717) is 12.0 Å². The second kappa shape index (κ2) is 9.35. The predicted octanol–water partition coefficient (Wildman–Crippen LogP) is 4.24. The summed E-state index contributed by atoms with van der Waals surface area (Å²) in [5.41, 5.74) is 1.33. The maximum atomic E-state index is 6.09. The molecule has 1 aromatic carbocycles. The molecule has 1 unspecified atom stereocenters. The Morgan fingerprint density at radius 2 is 2.05 bits per heavy atom. The third kappa shape index (κ3) is 6.95. The van der Waals surface area contributed by atoms with Crippen molar-refractivity contribution in [1.29, 1.82) is 0 Å². The van der Waals surface area contributed by atoms with Crippen molar-refractivity contribution in [3.63, 3.8) is 0 Å². The third-order valence-electron chi connectivity index (χ3n) is 3.24. The number of rotatable bonds is 9. The van der Waals surface area contributed by atoms with E-state index >= 15 is 0 Å². The standard InChI is InChI=1S/C16H26ClNO/c1-13(2)18-12-15(7-4-5-10-19-3)14-8-6-9-16(17)11-14/h6,8-9,11,13,15,18H,4-5,7,10,12H2,1-3H3. The van der Waals surface area contributed by atoms with Crippen LogP contribution in [0.1, 0.15) is 44.6 Å². The Morgan fingerprint density at radius 1 is 1.26 bits per heavy atom. The summed E-state index contributed by atoms with van der Waals surface area (Å²) in [6, 6.07) is 8.75. The fraction of sp³-hybridized carbons (Fsp3) is 0.625. The van der Waals surface area contributed by atoms with E-state index in [0.717, 1.165) is 24.6 Å². The molecule has 0 bridgehead atoms. The maximum absolute atomic E-state index is 6.09. The molecule has 108 valence electrons. The Hall–Kier alpha value is -0.570. The molecule has 0 saturated heterocycles. The van der Waals surface area contributed by atoms with E-state index in [9.17, 15) is 0 Å². The molecule has 19 heavy (non-hydrogen) atoms. The van der Waals surface area contributed by atoms with Crippen LogP contribution in [0.4, 0.5) is 0 Å². The summed E-state index contributed by atoms with van der Waals surface area (Å²) < 4.78 is 5.11. The fourth-order valence-corrected chi connectivity index (χ4v) is 2.36. The zero-order chi connectivity index (χ0) is 14.1. The van der Waals surface area contributed by atoms with Gasteiger partial charge in [0.05, 0.1) is 0 Å². The van der Waals surface area contributed by atoms with Gasteiger partial charge in [-0.15, -0.1) is 0 Å². The first-order valence-electron chi connectivity index (χ1n) is 7.11. The van der Waals surface area contributed by atoms with Gasteiger partial charge >= 0.3 is 0 Å². The number of methoxy groups -OCH3 is 1. The minimum absolute atomic E-state index is 0.514. The molecule has 0 saturated carbocycles. The zero-order valence-corrected chi connectivity index (χ0v) is 13.0. The summed E-state index contributed by atoms with van der Waals surface area (Å²) in [6.45, 7) is 6.21. The van der Waals surface area contributed by atoms with Crippen molar-refractivity contribution in [3.05, 3.63) is 34.9 Å². The number of unbranched alkanes of at least 4 members (excludes halogenated alkanes) is 1. The van der Waals surface area contributed by atoms with Crippen LogP contribution in [0.2, 0.25) is 5.02 Å². The van der Waals surface area contributed by atoms with E-state index < -0.39 is 0 Å². The van der Waals surface area contributed by atoms with Crippen LogP contribution in [0.25, 0.3) is 0 Å². The van der Waals surface area contributed by atoms with Crippen LogP contribution in [0.15, 0.2) is 24.3 Å². The summed E-state index contributed by atoms with van der Waals surface area (Å²) in [6.07, 6.45) is 3.48. The van der Waals surface area contributed by atoms with Gasteiger partial charge in [0.1, 0.15) is 0 Å². The molecule has 0 aliphatic rings. The molecule has 1 rings (SSSR count). The molecule has 0 amide bonds. The Balaban J connectivity index is 2.57. The second-order valence-corrected chi connectivity index (χ2v) is 5.74. The van der Waals surface area contributed by atoms with Crippen LogP contribution in [0.5, 0.6) is 0 Å². The van der Waals surface area contributed by atoms with Crippen molar-refractivity contribution >= 4 is 11.6 Å². The van der Waals surface area contributed by atoms with Gasteiger partial charge in [-0.25, -0.2) is 0 Å². The molecule has 0 fully saturated rings. The van der Waals surface area contributed by atoms with Gasteiger partial charge in [0.2, 0.25) is 0 Å². The van der Waals surface area contributed by atoms with Gasteiger partial charge in [0.15, 0.2) is 0 Å². The fourth-order valence-electron chi connectivity index (χ4n) is 2.16. The number of nitrogens with one attached hydrogen (secondary N) is 1. The van der Waals surface area contributed by atoms with Gasteiger partial charge in [0, 0.05) is 31.3 Å². The highest BCUT2D eigenvalue weighted by Crippen LogP contribution is 2.24. The SMILES string of the molecule is COCCCCC(CNC(C)C)c1cccc(Cl)c1. The van der Waals surface area contributed by atoms with E-state index in [1.54, 1.807) is 7.11 Å². The minimum atomic E-state index is 0.514. The molecule has 0 aliphatic carbocycles. The molecule has 0 aromatic heterocycles. The van der Waals surface area contributed by atoms with Gasteiger partial charge in [0.25, 0.3) is 0 Å². The second-order valence-electron chi connectivity index (χ2n) is 5.30. The lowest BCUT2D eigenvalue weighted by Gasteiger charge is -2.20. The average molecular weight is 284 g/mol. The highest BCUT2D eigenvalue weighted by molar-refractivity contribution is 6.30. The molecular weight excluding hydrogens is 258 g/mol. The summed E-state index contributed by atoms with van der Waals surface area (Å²) in [5.74, 6) is 0.526. The lowest BCUT2D eigenvalue weighted by molar-refractivity contribution is 0.191. The molecular formula is C16H26ClNO. The van der Waals surface area contributed by atoms with Crippen molar-refractivity contribution in [2.75, 3.05) is 20.3 Å². The number of benzene rings is 1. The lowest BCUT2D eigenvalue weighted by Crippen LogP contribution is -2.28. The summed E-state index contributed by atoms with van der Waals surface area (Å²) in [5, 5.41) is 4.35. The monoisotopic (exact) mass is 283 g/mol. The molecule has 1 N–H and O–H groups in total. The summed E-state index contributed by atoms with van der Waals surface area (Å²) in [7, 11) is 1.76. The highest BCUT2D eigenvalue weighted by atomic mass is 35.5. The molecule has 1 aromatic rings. The first-order chi connectivity index (χ1) is 9.13. The van der Waals surface area contributed by atoms with Crippen LogP contribution in [0, 0.1) is 0 Å². The van der Waals surface area contributed by atoms with Gasteiger partial charge in [-0.3, -0.25) is 0 Å². The molecule has 0 spiro atoms. The number of ether oxygens (including phenoxy) is 1. The van der Waals surface area contributed by atoms with E-state index in [1.807, 2.05) is 12.1 Å². The van der Waals surface area contributed by atoms with Crippen LogP contribution in [-0.2, 0) is 4.74 Å². The van der Waals surface area contributed by atoms with Gasteiger partial charge < -0.3 is 10.1 Å². The Kier molecular flexibility index (Phi) is 8.11. The average Bonchev–Trinajstić information content (AvgIpc) is 2.37. The highest BCUT2D eigenvalue weighted by Gasteiger charge is 2.12. The first-order valence-corrected chi connectivity index (χ1v) is 7.49. The molecule has 0 radical (unpaired) electrons. The maximum Gasteiger partial charge on any atom is 0.0462 e. The smallest absolute Gasteiger partial charge is 0.0462 e. The molecule has 0 aliphatic heterocycles. The Labute approximate surface area is 122 Å². The van der Waals surface area contributed by atoms with Crippen LogP contribution in [-0.4, -0.2) is 26.3 Å². The summed E-state index contributed by atoms with van der Waals surface area (Å²) in [4.78, 5) is 0. The van der Waals surface area contributed by atoms with Crippen molar-refractivity contribution in [1.82, 2.24) is 5.32 Å². The van der Waals surface area contributed by atoms with Crippen molar-refractivity contribution < 1.29 is 4.74 Å². The Bertz CT molecular complexity index is 354.